The summed E-state index contributed by atoms with van der Waals surface area (Å²) >= 11 is 5.98. The summed E-state index contributed by atoms with van der Waals surface area (Å²) in [7, 11) is -1.86. The van der Waals surface area contributed by atoms with Gasteiger partial charge in [-0.15, -0.1) is 0 Å². The first kappa shape index (κ1) is 34.0. The van der Waals surface area contributed by atoms with E-state index in [1.54, 1.807) is 0 Å². The fraction of sp³-hybridized carbons (Fsp3) is 0.552. The standard InChI is InChI=1S/C28H37ClF3N5O3S.CH4/c1-34(2)41(39,40)26-10-7-23(20-25(26)28(30,31)32)33-22-11-14-37(15-12-22)27(38)4-3-13-35-16-18-36(19-17-35)24-8-5-21(29)6-9-24;/h5-10,20,22,33H,3-4,11-19H2,1-2H3;1H4. The number of piperidine rings is 1. The van der Waals surface area contributed by atoms with Gasteiger partial charge in [0.2, 0.25) is 15.9 Å². The van der Waals surface area contributed by atoms with Crippen molar-refractivity contribution in [2.45, 2.75) is 50.2 Å². The van der Waals surface area contributed by atoms with Crippen molar-refractivity contribution in [3.8, 4) is 0 Å². The number of carbonyl (C=O) groups is 1. The Morgan fingerprint density at radius 1 is 1.00 bits per heavy atom. The van der Waals surface area contributed by atoms with Crippen molar-refractivity contribution in [2.24, 2.45) is 0 Å². The van der Waals surface area contributed by atoms with Gasteiger partial charge in [-0.3, -0.25) is 9.69 Å². The molecule has 4 rings (SSSR count). The molecule has 1 N–H and O–H groups in total. The number of nitrogens with zero attached hydrogens (tertiary/aromatic N) is 4. The molecule has 2 fully saturated rings. The summed E-state index contributed by atoms with van der Waals surface area (Å²) < 4.78 is 66.7. The number of anilines is 2. The third kappa shape index (κ3) is 8.52. The van der Waals surface area contributed by atoms with Crippen LogP contribution in [0.25, 0.3) is 0 Å². The molecule has 2 aromatic rings. The van der Waals surface area contributed by atoms with Crippen molar-refractivity contribution in [1.29, 1.82) is 0 Å². The van der Waals surface area contributed by atoms with E-state index in [0.717, 1.165) is 66.3 Å². The molecule has 0 unspecified atom stereocenters. The minimum Gasteiger partial charge on any atom is -0.382 e. The predicted octanol–water partition coefficient (Wildman–Crippen LogP) is 5.25. The van der Waals surface area contributed by atoms with Crippen molar-refractivity contribution in [3.63, 3.8) is 0 Å². The van der Waals surface area contributed by atoms with Gasteiger partial charge in [-0.25, -0.2) is 12.7 Å². The van der Waals surface area contributed by atoms with Gasteiger partial charge < -0.3 is 15.1 Å². The first-order chi connectivity index (χ1) is 19.3. The molecule has 2 heterocycles. The molecule has 0 aliphatic carbocycles. The van der Waals surface area contributed by atoms with E-state index in [4.69, 9.17) is 11.6 Å². The quantitative estimate of drug-likeness (QED) is 0.408. The van der Waals surface area contributed by atoms with Gasteiger partial charge in [0.25, 0.3) is 0 Å². The zero-order valence-corrected chi connectivity index (χ0v) is 24.9. The molecule has 0 atom stereocenters. The van der Waals surface area contributed by atoms with E-state index < -0.39 is 26.7 Å². The average molecular weight is 632 g/mol. The molecule has 234 valence electrons. The number of rotatable bonds is 9. The molecule has 0 spiro atoms. The van der Waals surface area contributed by atoms with Crippen molar-refractivity contribution < 1.29 is 26.4 Å². The minimum absolute atomic E-state index is 0. The average Bonchev–Trinajstić information content (AvgIpc) is 2.93. The van der Waals surface area contributed by atoms with Crippen LogP contribution in [0.2, 0.25) is 5.02 Å². The van der Waals surface area contributed by atoms with Gasteiger partial charge in [0, 0.05) is 82.2 Å². The molecule has 0 bridgehead atoms. The molecule has 2 aliphatic rings. The molecule has 8 nitrogen and oxygen atoms in total. The molecule has 1 amide bonds. The van der Waals surface area contributed by atoms with E-state index in [2.05, 4.69) is 15.1 Å². The summed E-state index contributed by atoms with van der Waals surface area (Å²) in [5, 5.41) is 3.83. The number of hydrogen-bond donors (Lipinski definition) is 1. The highest BCUT2D eigenvalue weighted by molar-refractivity contribution is 7.89. The second-order valence-corrected chi connectivity index (χ2v) is 13.3. The number of nitrogens with one attached hydrogen (secondary N) is 1. The third-order valence-corrected chi connectivity index (χ3v) is 9.82. The van der Waals surface area contributed by atoms with Gasteiger partial charge in [-0.05, 0) is 68.3 Å². The van der Waals surface area contributed by atoms with E-state index >= 15 is 0 Å². The topological polar surface area (TPSA) is 76.2 Å². The molecular formula is C29H41ClF3N5O3S. The molecular weight excluding hydrogens is 591 g/mol. The van der Waals surface area contributed by atoms with Crippen LogP contribution in [0, 0.1) is 0 Å². The van der Waals surface area contributed by atoms with Crippen molar-refractivity contribution >= 4 is 38.9 Å². The zero-order valence-electron chi connectivity index (χ0n) is 23.3. The van der Waals surface area contributed by atoms with Crippen LogP contribution in [0.1, 0.15) is 38.7 Å². The number of benzene rings is 2. The van der Waals surface area contributed by atoms with Crippen LogP contribution in [0.4, 0.5) is 24.5 Å². The summed E-state index contributed by atoms with van der Waals surface area (Å²) in [5.41, 5.74) is 0.170. The summed E-state index contributed by atoms with van der Waals surface area (Å²) in [6.45, 7) is 5.63. The Balaban J connectivity index is 0.00000484. The molecule has 2 aliphatic heterocycles. The smallest absolute Gasteiger partial charge is 0.382 e. The molecule has 42 heavy (non-hydrogen) atoms. The van der Waals surface area contributed by atoms with Crippen LogP contribution < -0.4 is 10.2 Å². The van der Waals surface area contributed by atoms with E-state index in [1.165, 1.54) is 20.2 Å². The van der Waals surface area contributed by atoms with Crippen LogP contribution in [-0.2, 0) is 21.0 Å². The fourth-order valence-electron chi connectivity index (χ4n) is 5.27. The van der Waals surface area contributed by atoms with Crippen molar-refractivity contribution in [1.82, 2.24) is 14.1 Å². The lowest BCUT2D eigenvalue weighted by atomic mass is 10.0. The Hall–Kier alpha value is -2.54. The summed E-state index contributed by atoms with van der Waals surface area (Å²) in [6, 6.07) is 10.9. The van der Waals surface area contributed by atoms with Gasteiger partial charge >= 0.3 is 6.18 Å². The molecule has 0 radical (unpaired) electrons. The second-order valence-electron chi connectivity index (χ2n) is 10.7. The number of likely N-dealkylation sites (tertiary alicyclic amines) is 1. The summed E-state index contributed by atoms with van der Waals surface area (Å²) in [5.74, 6) is 0.0980. The monoisotopic (exact) mass is 631 g/mol. The van der Waals surface area contributed by atoms with Gasteiger partial charge in [-0.2, -0.15) is 13.2 Å². The summed E-state index contributed by atoms with van der Waals surface area (Å²) in [6.07, 6.45) is -2.39. The van der Waals surface area contributed by atoms with Gasteiger partial charge in [0.15, 0.2) is 0 Å². The lowest BCUT2D eigenvalue weighted by Gasteiger charge is -2.36. The first-order valence-corrected chi connectivity index (χ1v) is 15.6. The number of alkyl halides is 3. The SMILES string of the molecule is C.CN(C)S(=O)(=O)c1ccc(NC2CCN(C(=O)CCCN3CCN(c4ccc(Cl)cc4)CC3)CC2)cc1C(F)(F)F. The number of piperazine rings is 1. The number of carbonyl (C=O) groups excluding carboxylic acids is 1. The highest BCUT2D eigenvalue weighted by atomic mass is 35.5. The predicted molar refractivity (Wildman–Crippen MR) is 162 cm³/mol. The minimum atomic E-state index is -4.82. The van der Waals surface area contributed by atoms with Gasteiger partial charge in [0.05, 0.1) is 10.5 Å². The molecule has 13 heteroatoms. The molecule has 0 aromatic heterocycles. The van der Waals surface area contributed by atoms with E-state index in [0.29, 0.717) is 32.4 Å². The highest BCUT2D eigenvalue weighted by Gasteiger charge is 2.38. The zero-order chi connectivity index (χ0) is 29.8. The van der Waals surface area contributed by atoms with Crippen molar-refractivity contribution in [3.05, 3.63) is 53.1 Å². The van der Waals surface area contributed by atoms with Crippen LogP contribution in [-0.4, -0.2) is 94.4 Å². The lowest BCUT2D eigenvalue weighted by Crippen LogP contribution is -2.47. The maximum Gasteiger partial charge on any atom is 0.417 e. The first-order valence-electron chi connectivity index (χ1n) is 13.8. The lowest BCUT2D eigenvalue weighted by molar-refractivity contribution is -0.140. The Kier molecular flexibility index (Phi) is 11.6. The van der Waals surface area contributed by atoms with E-state index in [-0.39, 0.29) is 25.1 Å². The number of amides is 1. The normalized spacial score (nSPS) is 17.3. The fourth-order valence-corrected chi connectivity index (χ4v) is 6.48. The number of sulfonamides is 1. The second kappa shape index (κ2) is 14.3. The third-order valence-electron chi connectivity index (χ3n) is 7.69. The van der Waals surface area contributed by atoms with Crippen LogP contribution in [0.3, 0.4) is 0 Å². The summed E-state index contributed by atoms with van der Waals surface area (Å²) in [4.78, 5) is 18.6. The molecule has 2 saturated heterocycles. The molecule has 0 saturated carbocycles. The van der Waals surface area contributed by atoms with Gasteiger partial charge in [-0.1, -0.05) is 19.0 Å². The Labute approximate surface area is 252 Å². The Bertz CT molecular complexity index is 1290. The van der Waals surface area contributed by atoms with Gasteiger partial charge in [0.1, 0.15) is 0 Å². The number of halogens is 4. The Morgan fingerprint density at radius 3 is 2.19 bits per heavy atom. The maximum absolute atomic E-state index is 13.7. The van der Waals surface area contributed by atoms with Crippen molar-refractivity contribution in [2.75, 3.05) is 70.1 Å². The number of hydrogen-bond acceptors (Lipinski definition) is 6. The molecule has 2 aromatic carbocycles. The van der Waals surface area contributed by atoms with Crippen LogP contribution in [0.5, 0.6) is 0 Å². The van der Waals surface area contributed by atoms with Crippen LogP contribution in [0.15, 0.2) is 47.4 Å². The Morgan fingerprint density at radius 2 is 1.62 bits per heavy atom. The van der Waals surface area contributed by atoms with E-state index in [9.17, 15) is 26.4 Å². The highest BCUT2D eigenvalue weighted by Crippen LogP contribution is 2.37. The van der Waals surface area contributed by atoms with E-state index in [1.807, 2.05) is 29.2 Å². The largest absolute Gasteiger partial charge is 0.417 e. The maximum atomic E-state index is 13.7. The van der Waals surface area contributed by atoms with Crippen LogP contribution >= 0.6 is 11.6 Å².